The molecule has 0 N–H and O–H groups in total. The number of carbonyl (C=O) groups excluding carboxylic acids is 2. The summed E-state index contributed by atoms with van der Waals surface area (Å²) in [4.78, 5) is 26.9. The molecule has 0 amide bonds. The number of thioether (sulfide) groups is 1. The van der Waals surface area contributed by atoms with Gasteiger partial charge in [0.05, 0.1) is 0 Å². The molecule has 166 valence electrons. The number of hydrogen-bond acceptors (Lipinski definition) is 4. The normalized spacial score (nSPS) is 12.7. The standard InChI is InChI=1S/C29H26O2S2/c30-28(24-14-8-3-9-15-24)18-26(23-12-6-2-7-13-23)27(29(31)25-16-17-32-20-25)21-33-19-22-10-4-1-5-11-22/h1-17,20,26-27H,18-19,21H2. The number of rotatable bonds is 11. The van der Waals surface area contributed by atoms with Crippen LogP contribution in [-0.4, -0.2) is 17.3 Å². The number of Topliss-reactive ketones (excluding diaryl/α,β-unsaturated/α-hetero) is 2. The van der Waals surface area contributed by atoms with Crippen LogP contribution >= 0.6 is 23.1 Å². The lowest BCUT2D eigenvalue weighted by molar-refractivity contribution is 0.0891. The fraction of sp³-hybridized carbons (Fsp3) is 0.172. The van der Waals surface area contributed by atoms with Crippen LogP contribution in [0.15, 0.2) is 108 Å². The summed E-state index contributed by atoms with van der Waals surface area (Å²) in [5.41, 5.74) is 3.70. The fourth-order valence-corrected chi connectivity index (χ4v) is 5.83. The van der Waals surface area contributed by atoms with Gasteiger partial charge in [-0.3, -0.25) is 9.59 Å². The Hall–Kier alpha value is -2.95. The van der Waals surface area contributed by atoms with E-state index in [1.807, 2.05) is 95.7 Å². The van der Waals surface area contributed by atoms with Gasteiger partial charge in [0.1, 0.15) is 0 Å². The van der Waals surface area contributed by atoms with E-state index in [1.165, 1.54) is 16.9 Å². The highest BCUT2D eigenvalue weighted by Gasteiger charge is 2.32. The van der Waals surface area contributed by atoms with Gasteiger partial charge in [0.15, 0.2) is 11.6 Å². The number of carbonyl (C=O) groups is 2. The lowest BCUT2D eigenvalue weighted by atomic mass is 9.79. The first-order valence-electron chi connectivity index (χ1n) is 11.0. The smallest absolute Gasteiger partial charge is 0.168 e. The van der Waals surface area contributed by atoms with Gasteiger partial charge in [0.25, 0.3) is 0 Å². The summed E-state index contributed by atoms with van der Waals surface area (Å²) < 4.78 is 0. The van der Waals surface area contributed by atoms with Crippen molar-refractivity contribution in [1.82, 2.24) is 0 Å². The third-order valence-corrected chi connectivity index (χ3v) is 7.58. The first-order valence-corrected chi connectivity index (χ1v) is 13.1. The first-order chi connectivity index (χ1) is 16.2. The summed E-state index contributed by atoms with van der Waals surface area (Å²) in [6.45, 7) is 0. The predicted molar refractivity (Wildman–Crippen MR) is 139 cm³/mol. The summed E-state index contributed by atoms with van der Waals surface area (Å²) in [5, 5.41) is 3.85. The molecule has 0 radical (unpaired) electrons. The Morgan fingerprint density at radius 2 is 1.39 bits per heavy atom. The highest BCUT2D eigenvalue weighted by Crippen LogP contribution is 2.35. The Bertz CT molecular complexity index is 1140. The molecule has 1 aromatic heterocycles. The summed E-state index contributed by atoms with van der Waals surface area (Å²) >= 11 is 3.29. The minimum Gasteiger partial charge on any atom is -0.294 e. The molecule has 0 saturated heterocycles. The van der Waals surface area contributed by atoms with E-state index in [4.69, 9.17) is 0 Å². The average molecular weight is 471 g/mol. The van der Waals surface area contributed by atoms with E-state index < -0.39 is 0 Å². The van der Waals surface area contributed by atoms with E-state index in [1.54, 1.807) is 11.8 Å². The molecule has 3 aromatic carbocycles. The monoisotopic (exact) mass is 470 g/mol. The molecule has 4 rings (SSSR count). The molecule has 0 saturated carbocycles. The second kappa shape index (κ2) is 11.8. The molecule has 0 aliphatic heterocycles. The van der Waals surface area contributed by atoms with Crippen LogP contribution in [0.1, 0.15) is 44.2 Å². The average Bonchev–Trinajstić information content (AvgIpc) is 3.42. The maximum atomic E-state index is 13.7. The zero-order valence-electron chi connectivity index (χ0n) is 18.3. The quantitative estimate of drug-likeness (QED) is 0.212. The van der Waals surface area contributed by atoms with Crippen LogP contribution in [0.25, 0.3) is 0 Å². The van der Waals surface area contributed by atoms with E-state index in [2.05, 4.69) is 12.1 Å². The van der Waals surface area contributed by atoms with E-state index in [0.29, 0.717) is 17.7 Å². The molecule has 0 fully saturated rings. The predicted octanol–water partition coefficient (Wildman–Crippen LogP) is 7.54. The lowest BCUT2D eigenvalue weighted by Crippen LogP contribution is -2.27. The molecule has 0 aliphatic rings. The molecular formula is C29H26O2S2. The topological polar surface area (TPSA) is 34.1 Å². The van der Waals surface area contributed by atoms with Crippen molar-refractivity contribution in [2.24, 2.45) is 5.92 Å². The van der Waals surface area contributed by atoms with Crippen LogP contribution in [0.3, 0.4) is 0 Å². The lowest BCUT2D eigenvalue weighted by Gasteiger charge is -2.26. The highest BCUT2D eigenvalue weighted by molar-refractivity contribution is 7.98. The zero-order valence-corrected chi connectivity index (χ0v) is 19.9. The molecular weight excluding hydrogens is 444 g/mol. The minimum atomic E-state index is -0.289. The molecule has 0 bridgehead atoms. The largest absolute Gasteiger partial charge is 0.294 e. The van der Waals surface area contributed by atoms with Crippen molar-refractivity contribution < 1.29 is 9.59 Å². The highest BCUT2D eigenvalue weighted by atomic mass is 32.2. The van der Waals surface area contributed by atoms with Gasteiger partial charge in [0, 0.05) is 46.3 Å². The van der Waals surface area contributed by atoms with E-state index >= 15 is 0 Å². The maximum absolute atomic E-state index is 13.7. The van der Waals surface area contributed by atoms with Crippen molar-refractivity contribution in [2.75, 3.05) is 5.75 Å². The van der Waals surface area contributed by atoms with Gasteiger partial charge in [-0.05, 0) is 22.6 Å². The van der Waals surface area contributed by atoms with Gasteiger partial charge in [-0.2, -0.15) is 23.1 Å². The van der Waals surface area contributed by atoms with Crippen LogP contribution < -0.4 is 0 Å². The Morgan fingerprint density at radius 1 is 0.758 bits per heavy atom. The van der Waals surface area contributed by atoms with Crippen molar-refractivity contribution in [2.45, 2.75) is 18.1 Å². The SMILES string of the molecule is O=C(CC(c1ccccc1)C(CSCc1ccccc1)C(=O)c1ccsc1)c1ccccc1. The van der Waals surface area contributed by atoms with Gasteiger partial charge in [0.2, 0.25) is 0 Å². The molecule has 0 aliphatic carbocycles. The van der Waals surface area contributed by atoms with Crippen molar-refractivity contribution in [3.63, 3.8) is 0 Å². The third-order valence-electron chi connectivity index (χ3n) is 5.77. The summed E-state index contributed by atoms with van der Waals surface area (Å²) in [6, 6.07) is 31.6. The molecule has 1 heterocycles. The molecule has 2 nitrogen and oxygen atoms in total. The van der Waals surface area contributed by atoms with E-state index in [9.17, 15) is 9.59 Å². The van der Waals surface area contributed by atoms with E-state index in [0.717, 1.165) is 16.9 Å². The minimum absolute atomic E-state index is 0.0700. The van der Waals surface area contributed by atoms with Crippen molar-refractivity contribution >= 4 is 34.7 Å². The number of ketones is 2. The van der Waals surface area contributed by atoms with Gasteiger partial charge >= 0.3 is 0 Å². The molecule has 0 spiro atoms. The van der Waals surface area contributed by atoms with Crippen molar-refractivity contribution in [3.8, 4) is 0 Å². The maximum Gasteiger partial charge on any atom is 0.168 e. The number of hydrogen-bond donors (Lipinski definition) is 0. The van der Waals surface area contributed by atoms with Crippen molar-refractivity contribution in [3.05, 3.63) is 130 Å². The third kappa shape index (κ3) is 6.31. The molecule has 2 unspecified atom stereocenters. The second-order valence-corrected chi connectivity index (χ2v) is 9.80. The Kier molecular flexibility index (Phi) is 8.29. The van der Waals surface area contributed by atoms with Crippen LogP contribution in [0, 0.1) is 5.92 Å². The van der Waals surface area contributed by atoms with Gasteiger partial charge in [-0.15, -0.1) is 0 Å². The summed E-state index contributed by atoms with van der Waals surface area (Å²) in [5.74, 6) is 1.21. The summed E-state index contributed by atoms with van der Waals surface area (Å²) in [7, 11) is 0. The van der Waals surface area contributed by atoms with Crippen LogP contribution in [0.4, 0.5) is 0 Å². The Balaban J connectivity index is 1.62. The zero-order chi connectivity index (χ0) is 22.9. The van der Waals surface area contributed by atoms with Gasteiger partial charge in [-0.1, -0.05) is 91.0 Å². The number of thiophene rings is 1. The Labute approximate surface area is 203 Å². The Morgan fingerprint density at radius 3 is 2.03 bits per heavy atom. The van der Waals surface area contributed by atoms with Crippen LogP contribution in [0.2, 0.25) is 0 Å². The van der Waals surface area contributed by atoms with Gasteiger partial charge in [-0.25, -0.2) is 0 Å². The second-order valence-electron chi connectivity index (χ2n) is 7.99. The number of benzene rings is 3. The van der Waals surface area contributed by atoms with Crippen LogP contribution in [-0.2, 0) is 5.75 Å². The van der Waals surface area contributed by atoms with Gasteiger partial charge < -0.3 is 0 Å². The first kappa shape index (κ1) is 23.2. The van der Waals surface area contributed by atoms with E-state index in [-0.39, 0.29) is 23.4 Å². The molecule has 4 heteroatoms. The molecule has 4 aromatic rings. The molecule has 33 heavy (non-hydrogen) atoms. The van der Waals surface area contributed by atoms with Crippen molar-refractivity contribution in [1.29, 1.82) is 0 Å². The van der Waals surface area contributed by atoms with Crippen LogP contribution in [0.5, 0.6) is 0 Å². The molecule has 2 atom stereocenters. The fourth-order valence-electron chi connectivity index (χ4n) is 4.01. The summed E-state index contributed by atoms with van der Waals surface area (Å²) in [6.07, 6.45) is 0.306.